The van der Waals surface area contributed by atoms with Crippen molar-refractivity contribution < 1.29 is 14.0 Å². The van der Waals surface area contributed by atoms with Crippen LogP contribution in [0.2, 0.25) is 0 Å². The van der Waals surface area contributed by atoms with Crippen LogP contribution in [0.1, 0.15) is 11.3 Å². The number of carbonyl (C=O) groups is 2. The van der Waals surface area contributed by atoms with E-state index < -0.39 is 6.04 Å². The molecule has 156 valence electrons. The highest BCUT2D eigenvalue weighted by Gasteiger charge is 2.21. The lowest BCUT2D eigenvalue weighted by Crippen LogP contribution is -2.49. The van der Waals surface area contributed by atoms with Crippen LogP contribution in [0.4, 0.5) is 4.39 Å². The van der Waals surface area contributed by atoms with Crippen LogP contribution >= 0.6 is 11.8 Å². The molecule has 0 radical (unpaired) electrons. The minimum Gasteiger partial charge on any atom is -0.354 e. The van der Waals surface area contributed by atoms with Gasteiger partial charge in [-0.05, 0) is 36.2 Å². The predicted octanol–water partition coefficient (Wildman–Crippen LogP) is 2.73. The van der Waals surface area contributed by atoms with Gasteiger partial charge in [-0.15, -0.1) is 11.8 Å². The SMILES string of the molecule is O=C(CSc1ccc(F)cc1)N[C@@H](Cc1cnc[nH]1)C(=O)NCCc1ccccc1. The zero-order valence-electron chi connectivity index (χ0n) is 16.3. The number of aromatic nitrogens is 2. The molecule has 0 fully saturated rings. The van der Waals surface area contributed by atoms with Gasteiger partial charge in [0.05, 0.1) is 12.1 Å². The summed E-state index contributed by atoms with van der Waals surface area (Å²) in [5.74, 6) is -0.717. The number of carbonyl (C=O) groups excluding carboxylic acids is 2. The fourth-order valence-corrected chi connectivity index (χ4v) is 3.55. The summed E-state index contributed by atoms with van der Waals surface area (Å²) in [6.45, 7) is 0.475. The molecule has 0 saturated carbocycles. The van der Waals surface area contributed by atoms with Crippen molar-refractivity contribution in [2.24, 2.45) is 0 Å². The molecule has 0 aliphatic carbocycles. The third-order valence-corrected chi connectivity index (χ3v) is 5.38. The number of benzene rings is 2. The maximum atomic E-state index is 13.0. The first-order valence-corrected chi connectivity index (χ1v) is 10.6. The van der Waals surface area contributed by atoms with Crippen LogP contribution in [0, 0.1) is 5.82 Å². The molecule has 0 saturated heterocycles. The molecule has 8 heteroatoms. The number of thioether (sulfide) groups is 1. The zero-order valence-corrected chi connectivity index (χ0v) is 17.1. The average Bonchev–Trinajstić information content (AvgIpc) is 3.27. The Bertz CT molecular complexity index is 934. The minimum absolute atomic E-state index is 0.127. The second kappa shape index (κ2) is 11.2. The molecule has 1 aromatic heterocycles. The van der Waals surface area contributed by atoms with Crippen LogP contribution in [-0.4, -0.2) is 40.1 Å². The highest BCUT2D eigenvalue weighted by Crippen LogP contribution is 2.17. The van der Waals surface area contributed by atoms with Crippen LogP contribution in [0.3, 0.4) is 0 Å². The average molecular weight is 427 g/mol. The van der Waals surface area contributed by atoms with Crippen LogP contribution < -0.4 is 10.6 Å². The largest absolute Gasteiger partial charge is 0.354 e. The van der Waals surface area contributed by atoms with E-state index in [9.17, 15) is 14.0 Å². The van der Waals surface area contributed by atoms with Crippen molar-refractivity contribution in [1.29, 1.82) is 0 Å². The highest BCUT2D eigenvalue weighted by molar-refractivity contribution is 8.00. The van der Waals surface area contributed by atoms with Gasteiger partial charge in [0.2, 0.25) is 11.8 Å². The number of rotatable bonds is 10. The Hall–Kier alpha value is -3.13. The molecule has 0 spiro atoms. The molecule has 1 atom stereocenters. The van der Waals surface area contributed by atoms with Gasteiger partial charge in [-0.25, -0.2) is 9.37 Å². The van der Waals surface area contributed by atoms with Gasteiger partial charge in [-0.3, -0.25) is 9.59 Å². The minimum atomic E-state index is -0.720. The molecule has 3 N–H and O–H groups in total. The molecule has 0 aliphatic rings. The number of amides is 2. The topological polar surface area (TPSA) is 86.9 Å². The van der Waals surface area contributed by atoms with Gasteiger partial charge in [0.25, 0.3) is 0 Å². The Labute approximate surface area is 178 Å². The van der Waals surface area contributed by atoms with Gasteiger partial charge in [-0.2, -0.15) is 0 Å². The summed E-state index contributed by atoms with van der Waals surface area (Å²) in [7, 11) is 0. The summed E-state index contributed by atoms with van der Waals surface area (Å²) < 4.78 is 13.0. The number of H-pyrrole nitrogens is 1. The van der Waals surface area contributed by atoms with Crippen molar-refractivity contribution in [3.8, 4) is 0 Å². The summed E-state index contributed by atoms with van der Waals surface area (Å²) in [4.78, 5) is 32.8. The van der Waals surface area contributed by atoms with Crippen molar-refractivity contribution in [2.45, 2.75) is 23.8 Å². The molecule has 0 unspecified atom stereocenters. The lowest BCUT2D eigenvalue weighted by molar-refractivity contribution is -0.127. The molecule has 3 aromatic rings. The van der Waals surface area contributed by atoms with Crippen molar-refractivity contribution in [3.05, 3.63) is 84.2 Å². The first kappa shape index (κ1) is 21.6. The number of nitrogens with one attached hydrogen (secondary N) is 3. The van der Waals surface area contributed by atoms with Gasteiger partial charge >= 0.3 is 0 Å². The normalized spacial score (nSPS) is 11.6. The first-order chi connectivity index (χ1) is 14.6. The van der Waals surface area contributed by atoms with Crippen LogP contribution in [0.15, 0.2) is 72.0 Å². The molecule has 0 aliphatic heterocycles. The smallest absolute Gasteiger partial charge is 0.242 e. The molecule has 1 heterocycles. The van der Waals surface area contributed by atoms with Crippen molar-refractivity contribution in [2.75, 3.05) is 12.3 Å². The van der Waals surface area contributed by atoms with Crippen molar-refractivity contribution >= 4 is 23.6 Å². The maximum absolute atomic E-state index is 13.0. The summed E-state index contributed by atoms with van der Waals surface area (Å²) in [6, 6.07) is 15.1. The molecular weight excluding hydrogens is 403 g/mol. The Kier molecular flexibility index (Phi) is 8.02. The van der Waals surface area contributed by atoms with E-state index in [1.807, 2.05) is 30.3 Å². The van der Waals surface area contributed by atoms with Gasteiger partial charge in [-0.1, -0.05) is 30.3 Å². The molecule has 2 aromatic carbocycles. The number of hydrogen-bond donors (Lipinski definition) is 3. The standard InChI is InChI=1S/C22H23FN4O2S/c23-17-6-8-19(9-7-17)30-14-21(28)27-20(12-18-13-24-15-26-18)22(29)25-11-10-16-4-2-1-3-5-16/h1-9,13,15,20H,10-12,14H2,(H,24,26)(H,25,29)(H,27,28)/t20-/m0/s1. The van der Waals surface area contributed by atoms with Gasteiger partial charge < -0.3 is 15.6 Å². The summed E-state index contributed by atoms with van der Waals surface area (Å²) in [6.07, 6.45) is 4.18. The highest BCUT2D eigenvalue weighted by atomic mass is 32.2. The molecule has 6 nitrogen and oxygen atoms in total. The summed E-state index contributed by atoms with van der Waals surface area (Å²) in [5, 5.41) is 5.68. The summed E-state index contributed by atoms with van der Waals surface area (Å²) in [5.41, 5.74) is 1.88. The monoisotopic (exact) mass is 426 g/mol. The number of aromatic amines is 1. The Balaban J connectivity index is 1.53. The van der Waals surface area contributed by atoms with Crippen LogP contribution in [0.25, 0.3) is 0 Å². The van der Waals surface area contributed by atoms with Gasteiger partial charge in [0, 0.05) is 29.8 Å². The van der Waals surface area contributed by atoms with E-state index in [4.69, 9.17) is 0 Å². The van der Waals surface area contributed by atoms with E-state index in [1.165, 1.54) is 30.2 Å². The molecule has 0 bridgehead atoms. The van der Waals surface area contributed by atoms with Gasteiger partial charge in [0.1, 0.15) is 11.9 Å². The van der Waals surface area contributed by atoms with E-state index in [0.717, 1.165) is 16.2 Å². The number of nitrogens with zero attached hydrogens (tertiary/aromatic N) is 1. The molecule has 2 amide bonds. The Morgan fingerprint density at radius 2 is 1.87 bits per heavy atom. The fourth-order valence-electron chi connectivity index (χ4n) is 2.84. The fraction of sp³-hybridized carbons (Fsp3) is 0.227. The second-order valence-corrected chi connectivity index (χ2v) is 7.72. The van der Waals surface area contributed by atoms with Crippen molar-refractivity contribution in [1.82, 2.24) is 20.6 Å². The van der Waals surface area contributed by atoms with E-state index >= 15 is 0 Å². The molecule has 3 rings (SSSR count). The summed E-state index contributed by atoms with van der Waals surface area (Å²) >= 11 is 1.28. The van der Waals surface area contributed by atoms with E-state index in [2.05, 4.69) is 20.6 Å². The van der Waals surface area contributed by atoms with E-state index in [0.29, 0.717) is 19.4 Å². The third kappa shape index (κ3) is 7.04. The van der Waals surface area contributed by atoms with Gasteiger partial charge in [0.15, 0.2) is 0 Å². The van der Waals surface area contributed by atoms with E-state index in [-0.39, 0.29) is 23.4 Å². The quantitative estimate of drug-likeness (QED) is 0.435. The number of hydrogen-bond acceptors (Lipinski definition) is 4. The lowest BCUT2D eigenvalue weighted by Gasteiger charge is -2.18. The van der Waals surface area contributed by atoms with Crippen molar-refractivity contribution in [3.63, 3.8) is 0 Å². The molecular formula is C22H23FN4O2S. The first-order valence-electron chi connectivity index (χ1n) is 9.57. The number of imidazole rings is 1. The lowest BCUT2D eigenvalue weighted by atomic mass is 10.1. The number of halogens is 1. The second-order valence-electron chi connectivity index (χ2n) is 6.67. The molecule has 30 heavy (non-hydrogen) atoms. The van der Waals surface area contributed by atoms with Crippen LogP contribution in [0.5, 0.6) is 0 Å². The predicted molar refractivity (Wildman–Crippen MR) is 115 cm³/mol. The van der Waals surface area contributed by atoms with Crippen LogP contribution in [-0.2, 0) is 22.4 Å². The Morgan fingerprint density at radius 3 is 2.57 bits per heavy atom. The van der Waals surface area contributed by atoms with E-state index in [1.54, 1.807) is 18.3 Å². The third-order valence-electron chi connectivity index (χ3n) is 4.37. The zero-order chi connectivity index (χ0) is 21.2. The maximum Gasteiger partial charge on any atom is 0.242 e. The Morgan fingerprint density at radius 1 is 1.10 bits per heavy atom.